The van der Waals surface area contributed by atoms with Gasteiger partial charge >= 0.3 is 0 Å². The third-order valence-corrected chi connectivity index (χ3v) is 7.77. The topological polar surface area (TPSA) is 89.3 Å². The molecular weight excluding hydrogens is 537 g/mol. The molecule has 2 aromatic carbocycles. The SMILES string of the molecule is COc1cc(C)ccc1-c1nc2c(n1C(C)C)C1(C(=O)Nc3cc(Cl)ccc31)N(c1cc(Cl)cnc1C)C2=O. The number of benzene rings is 2. The number of hydrogen-bond acceptors (Lipinski definition) is 5. The molecule has 0 bridgehead atoms. The molecule has 2 aromatic heterocycles. The second kappa shape index (κ2) is 8.83. The molecule has 10 heteroatoms. The number of amides is 2. The van der Waals surface area contributed by atoms with Crippen molar-refractivity contribution in [2.75, 3.05) is 17.3 Å². The van der Waals surface area contributed by atoms with Gasteiger partial charge in [-0.1, -0.05) is 35.3 Å². The molecule has 1 spiro atoms. The van der Waals surface area contributed by atoms with Crippen LogP contribution >= 0.6 is 23.2 Å². The summed E-state index contributed by atoms with van der Waals surface area (Å²) in [4.78, 5) is 39.5. The number of carbonyl (C=O) groups excluding carboxylic acids is 2. The summed E-state index contributed by atoms with van der Waals surface area (Å²) in [7, 11) is 1.60. The van der Waals surface area contributed by atoms with Crippen LogP contribution in [0.4, 0.5) is 11.4 Å². The monoisotopic (exact) mass is 561 g/mol. The molecule has 39 heavy (non-hydrogen) atoms. The summed E-state index contributed by atoms with van der Waals surface area (Å²) < 4.78 is 7.66. The van der Waals surface area contributed by atoms with Crippen molar-refractivity contribution in [3.8, 4) is 17.1 Å². The lowest BCUT2D eigenvalue weighted by molar-refractivity contribution is -0.119. The zero-order valence-corrected chi connectivity index (χ0v) is 23.5. The molecule has 0 fully saturated rings. The van der Waals surface area contributed by atoms with E-state index in [-0.39, 0.29) is 11.7 Å². The molecule has 0 radical (unpaired) electrons. The van der Waals surface area contributed by atoms with E-state index in [9.17, 15) is 9.59 Å². The van der Waals surface area contributed by atoms with Gasteiger partial charge in [0.2, 0.25) is 0 Å². The first-order valence-electron chi connectivity index (χ1n) is 12.5. The number of aromatic nitrogens is 3. The van der Waals surface area contributed by atoms with Crippen molar-refractivity contribution < 1.29 is 14.3 Å². The van der Waals surface area contributed by atoms with E-state index in [0.29, 0.717) is 49.9 Å². The zero-order valence-electron chi connectivity index (χ0n) is 22.0. The Morgan fingerprint density at radius 3 is 2.51 bits per heavy atom. The van der Waals surface area contributed by atoms with Crippen molar-refractivity contribution in [3.63, 3.8) is 0 Å². The highest BCUT2D eigenvalue weighted by Crippen LogP contribution is 2.55. The van der Waals surface area contributed by atoms with Crippen LogP contribution in [-0.2, 0) is 10.3 Å². The third-order valence-electron chi connectivity index (χ3n) is 7.33. The highest BCUT2D eigenvalue weighted by Gasteiger charge is 2.64. The first kappa shape index (κ1) is 25.4. The number of fused-ring (bicyclic) bond motifs is 4. The number of carbonyl (C=O) groups is 2. The van der Waals surface area contributed by atoms with Gasteiger partial charge in [0.05, 0.1) is 34.8 Å². The smallest absolute Gasteiger partial charge is 0.280 e. The fourth-order valence-electron chi connectivity index (χ4n) is 5.71. The number of nitrogens with one attached hydrogen (secondary N) is 1. The van der Waals surface area contributed by atoms with Crippen LogP contribution in [0.3, 0.4) is 0 Å². The van der Waals surface area contributed by atoms with Crippen LogP contribution in [0.1, 0.15) is 52.9 Å². The predicted octanol–water partition coefficient (Wildman–Crippen LogP) is 6.31. The van der Waals surface area contributed by atoms with Crippen molar-refractivity contribution in [3.05, 3.63) is 86.9 Å². The van der Waals surface area contributed by atoms with Crippen LogP contribution in [0.15, 0.2) is 48.7 Å². The molecule has 0 saturated heterocycles. The van der Waals surface area contributed by atoms with Crippen molar-refractivity contribution in [1.82, 2.24) is 14.5 Å². The number of anilines is 2. The lowest BCUT2D eigenvalue weighted by Crippen LogP contribution is -2.51. The minimum atomic E-state index is -1.57. The van der Waals surface area contributed by atoms with Crippen molar-refractivity contribution >= 4 is 46.4 Å². The Hall–Kier alpha value is -3.88. The van der Waals surface area contributed by atoms with Gasteiger partial charge in [0, 0.05) is 28.5 Å². The molecule has 1 unspecified atom stereocenters. The highest BCUT2D eigenvalue weighted by atomic mass is 35.5. The van der Waals surface area contributed by atoms with E-state index in [2.05, 4.69) is 10.3 Å². The number of ether oxygens (including phenoxy) is 1. The number of rotatable bonds is 4. The molecule has 1 atom stereocenters. The van der Waals surface area contributed by atoms with E-state index in [1.807, 2.05) is 43.5 Å². The Morgan fingerprint density at radius 2 is 1.79 bits per heavy atom. The lowest BCUT2D eigenvalue weighted by atomic mass is 9.87. The van der Waals surface area contributed by atoms with Crippen LogP contribution in [0.2, 0.25) is 10.0 Å². The third kappa shape index (κ3) is 3.44. The number of halogens is 2. The van der Waals surface area contributed by atoms with Crippen molar-refractivity contribution in [2.45, 2.75) is 39.3 Å². The van der Waals surface area contributed by atoms with Crippen molar-refractivity contribution in [2.24, 2.45) is 0 Å². The fourth-order valence-corrected chi connectivity index (χ4v) is 6.03. The fraction of sp³-hybridized carbons (Fsp3) is 0.241. The molecule has 4 aromatic rings. The average Bonchev–Trinajstić information content (AvgIpc) is 3.49. The summed E-state index contributed by atoms with van der Waals surface area (Å²) in [5, 5.41) is 3.78. The number of methoxy groups -OCH3 is 1. The summed E-state index contributed by atoms with van der Waals surface area (Å²) in [5.74, 6) is 0.338. The molecule has 1 N–H and O–H groups in total. The summed E-state index contributed by atoms with van der Waals surface area (Å²) in [6.07, 6.45) is 1.51. The molecular formula is C29H25Cl2N5O3. The molecule has 8 nitrogen and oxygen atoms in total. The van der Waals surface area contributed by atoms with Crippen LogP contribution in [0.5, 0.6) is 5.75 Å². The van der Waals surface area contributed by atoms with Gasteiger partial charge < -0.3 is 14.6 Å². The second-order valence-corrected chi connectivity index (χ2v) is 10.9. The largest absolute Gasteiger partial charge is 0.496 e. The minimum absolute atomic E-state index is 0.172. The maximum atomic E-state index is 14.4. The van der Waals surface area contributed by atoms with E-state index >= 15 is 0 Å². The van der Waals surface area contributed by atoms with Crippen LogP contribution < -0.4 is 15.0 Å². The average molecular weight is 562 g/mol. The zero-order chi connectivity index (χ0) is 27.8. The molecule has 0 aliphatic carbocycles. The molecule has 0 saturated carbocycles. The summed E-state index contributed by atoms with van der Waals surface area (Å²) in [6, 6.07) is 12.5. The molecule has 2 aliphatic rings. The number of hydrogen-bond donors (Lipinski definition) is 1. The van der Waals surface area contributed by atoms with Gasteiger partial charge in [0.15, 0.2) is 11.2 Å². The predicted molar refractivity (Wildman–Crippen MR) is 151 cm³/mol. The maximum absolute atomic E-state index is 14.4. The summed E-state index contributed by atoms with van der Waals surface area (Å²) >= 11 is 12.7. The maximum Gasteiger partial charge on any atom is 0.280 e. The van der Waals surface area contributed by atoms with E-state index in [1.165, 1.54) is 11.1 Å². The van der Waals surface area contributed by atoms with Gasteiger partial charge in [0.1, 0.15) is 11.6 Å². The molecule has 198 valence electrons. The number of nitrogens with zero attached hydrogens (tertiary/aromatic N) is 4. The first-order valence-corrected chi connectivity index (χ1v) is 13.2. The van der Waals surface area contributed by atoms with Gasteiger partial charge in [-0.15, -0.1) is 0 Å². The summed E-state index contributed by atoms with van der Waals surface area (Å²) in [5.41, 5.74) is 2.90. The molecule has 2 amide bonds. The van der Waals surface area contributed by atoms with Gasteiger partial charge in [0.25, 0.3) is 11.8 Å². The van der Waals surface area contributed by atoms with E-state index < -0.39 is 17.4 Å². The second-order valence-electron chi connectivity index (χ2n) is 10.1. The number of imidazole rings is 1. The van der Waals surface area contributed by atoms with Crippen LogP contribution in [-0.4, -0.2) is 33.5 Å². The highest BCUT2D eigenvalue weighted by molar-refractivity contribution is 6.32. The minimum Gasteiger partial charge on any atom is -0.496 e. The first-order chi connectivity index (χ1) is 18.6. The molecule has 4 heterocycles. The quantitative estimate of drug-likeness (QED) is 0.315. The molecule has 6 rings (SSSR count). The van der Waals surface area contributed by atoms with Gasteiger partial charge in [-0.2, -0.15) is 0 Å². The van der Waals surface area contributed by atoms with Gasteiger partial charge in [-0.05, 0) is 63.6 Å². The van der Waals surface area contributed by atoms with Gasteiger partial charge in [-0.25, -0.2) is 4.98 Å². The normalized spacial score (nSPS) is 17.7. The Morgan fingerprint density at radius 1 is 1.03 bits per heavy atom. The number of aryl methyl sites for hydroxylation is 2. The van der Waals surface area contributed by atoms with Gasteiger partial charge in [-0.3, -0.25) is 19.5 Å². The summed E-state index contributed by atoms with van der Waals surface area (Å²) in [6.45, 7) is 7.74. The Bertz CT molecular complexity index is 1710. The lowest BCUT2D eigenvalue weighted by Gasteiger charge is -2.36. The molecule has 2 aliphatic heterocycles. The standard InChI is InChI=1S/C29H25Cl2N5O3/c1-14(2)35-25-24(34-26(35)19-8-6-15(3)10-23(19)39-5)27(37)36(22-12-18(31)13-32-16(22)4)29(25)20-9-7-17(30)11-21(20)33-28(29)38/h6-14H,1-5H3,(H,33,38). The Labute approximate surface area is 235 Å². The number of pyridine rings is 1. The van der Waals surface area contributed by atoms with E-state index in [0.717, 1.165) is 11.1 Å². The van der Waals surface area contributed by atoms with Crippen LogP contribution in [0.25, 0.3) is 11.4 Å². The van der Waals surface area contributed by atoms with E-state index in [1.54, 1.807) is 38.3 Å². The Kier molecular flexibility index (Phi) is 5.75. The van der Waals surface area contributed by atoms with Crippen LogP contribution in [0, 0.1) is 13.8 Å². The van der Waals surface area contributed by atoms with Crippen molar-refractivity contribution in [1.29, 1.82) is 0 Å². The van der Waals surface area contributed by atoms with E-state index in [4.69, 9.17) is 32.9 Å². The Balaban J connectivity index is 1.74.